The lowest BCUT2D eigenvalue weighted by molar-refractivity contribution is 0.335. The molecule has 21 heavy (non-hydrogen) atoms. The number of hydrogen-bond acceptors (Lipinski definition) is 2. The zero-order valence-electron chi connectivity index (χ0n) is 13.3. The Kier molecular flexibility index (Phi) is 4.59. The summed E-state index contributed by atoms with van der Waals surface area (Å²) < 4.78 is 2.21. The lowest BCUT2D eigenvalue weighted by atomic mass is 9.93. The SMILES string of the molecule is Cc1nc2ccccn2c1CN[C@@H](C)C1CCCCCC1. The molecule has 1 saturated carbocycles. The molecule has 1 aliphatic carbocycles. The van der Waals surface area contributed by atoms with Crippen LogP contribution in [0.25, 0.3) is 5.65 Å². The van der Waals surface area contributed by atoms with Crippen LogP contribution in [0.4, 0.5) is 0 Å². The van der Waals surface area contributed by atoms with Gasteiger partial charge in [-0.3, -0.25) is 0 Å². The highest BCUT2D eigenvalue weighted by Crippen LogP contribution is 2.25. The van der Waals surface area contributed by atoms with E-state index in [1.54, 1.807) is 0 Å². The van der Waals surface area contributed by atoms with E-state index in [0.29, 0.717) is 6.04 Å². The lowest BCUT2D eigenvalue weighted by Gasteiger charge is -2.23. The van der Waals surface area contributed by atoms with Crippen molar-refractivity contribution in [1.29, 1.82) is 0 Å². The van der Waals surface area contributed by atoms with Gasteiger partial charge in [-0.05, 0) is 44.7 Å². The van der Waals surface area contributed by atoms with Gasteiger partial charge in [0.05, 0.1) is 11.4 Å². The number of rotatable bonds is 4. The summed E-state index contributed by atoms with van der Waals surface area (Å²) in [6, 6.07) is 6.79. The average Bonchev–Trinajstić information content (AvgIpc) is 2.68. The van der Waals surface area contributed by atoms with Crippen LogP contribution in [-0.2, 0) is 6.54 Å². The normalized spacial score (nSPS) is 18.8. The van der Waals surface area contributed by atoms with Crippen molar-refractivity contribution in [3.63, 3.8) is 0 Å². The van der Waals surface area contributed by atoms with Crippen molar-refractivity contribution in [2.24, 2.45) is 5.92 Å². The van der Waals surface area contributed by atoms with Crippen LogP contribution >= 0.6 is 0 Å². The molecule has 114 valence electrons. The van der Waals surface area contributed by atoms with Gasteiger partial charge in [0, 0.05) is 18.8 Å². The highest BCUT2D eigenvalue weighted by molar-refractivity contribution is 5.42. The van der Waals surface area contributed by atoms with E-state index in [1.807, 2.05) is 6.07 Å². The van der Waals surface area contributed by atoms with Gasteiger partial charge in [0.25, 0.3) is 0 Å². The topological polar surface area (TPSA) is 29.3 Å². The Morgan fingerprint density at radius 1 is 1.24 bits per heavy atom. The van der Waals surface area contributed by atoms with Crippen LogP contribution in [0.1, 0.15) is 56.8 Å². The van der Waals surface area contributed by atoms with E-state index in [4.69, 9.17) is 0 Å². The molecule has 1 fully saturated rings. The molecule has 1 aliphatic rings. The quantitative estimate of drug-likeness (QED) is 0.857. The number of nitrogens with zero attached hydrogens (tertiary/aromatic N) is 2. The van der Waals surface area contributed by atoms with Crippen LogP contribution < -0.4 is 5.32 Å². The van der Waals surface area contributed by atoms with E-state index < -0.39 is 0 Å². The van der Waals surface area contributed by atoms with Crippen molar-refractivity contribution in [1.82, 2.24) is 14.7 Å². The summed E-state index contributed by atoms with van der Waals surface area (Å²) in [5, 5.41) is 3.75. The van der Waals surface area contributed by atoms with Crippen LogP contribution in [-0.4, -0.2) is 15.4 Å². The molecule has 0 bridgehead atoms. The second kappa shape index (κ2) is 6.61. The van der Waals surface area contributed by atoms with E-state index in [2.05, 4.69) is 46.9 Å². The summed E-state index contributed by atoms with van der Waals surface area (Å²) in [6.45, 7) is 5.38. The maximum atomic E-state index is 4.64. The van der Waals surface area contributed by atoms with E-state index in [0.717, 1.165) is 23.8 Å². The fourth-order valence-corrected chi connectivity index (χ4v) is 3.61. The molecule has 0 spiro atoms. The molecule has 3 rings (SSSR count). The minimum Gasteiger partial charge on any atom is -0.308 e. The van der Waals surface area contributed by atoms with Gasteiger partial charge in [-0.25, -0.2) is 4.98 Å². The monoisotopic (exact) mass is 285 g/mol. The first-order chi connectivity index (χ1) is 10.3. The number of aryl methyl sites for hydroxylation is 1. The van der Waals surface area contributed by atoms with Gasteiger partial charge in [0.15, 0.2) is 0 Å². The summed E-state index contributed by atoms with van der Waals surface area (Å²) in [5.74, 6) is 0.840. The average molecular weight is 285 g/mol. The standard InChI is InChI=1S/C18H27N3/c1-14(16-9-5-3-4-6-10-16)19-13-17-15(2)20-18-11-7-8-12-21(17)18/h7-8,11-12,14,16,19H,3-6,9-10,13H2,1-2H3/t14-/m0/s1. The first-order valence-corrected chi connectivity index (χ1v) is 8.41. The summed E-state index contributed by atoms with van der Waals surface area (Å²) >= 11 is 0. The first kappa shape index (κ1) is 14.6. The minimum absolute atomic E-state index is 0.594. The first-order valence-electron chi connectivity index (χ1n) is 8.41. The molecule has 2 heterocycles. The van der Waals surface area contributed by atoms with Gasteiger partial charge in [-0.2, -0.15) is 0 Å². The van der Waals surface area contributed by atoms with Gasteiger partial charge in [0.1, 0.15) is 5.65 Å². The Morgan fingerprint density at radius 3 is 2.76 bits per heavy atom. The zero-order valence-corrected chi connectivity index (χ0v) is 13.3. The maximum absolute atomic E-state index is 4.64. The van der Waals surface area contributed by atoms with Crippen LogP contribution in [0.2, 0.25) is 0 Å². The molecule has 0 saturated heterocycles. The lowest BCUT2D eigenvalue weighted by Crippen LogP contribution is -2.33. The van der Waals surface area contributed by atoms with Crippen molar-refractivity contribution in [3.05, 3.63) is 35.8 Å². The number of hydrogen-bond donors (Lipinski definition) is 1. The van der Waals surface area contributed by atoms with Crippen molar-refractivity contribution >= 4 is 5.65 Å². The molecule has 0 unspecified atom stereocenters. The van der Waals surface area contributed by atoms with Gasteiger partial charge < -0.3 is 9.72 Å². The number of pyridine rings is 1. The highest BCUT2D eigenvalue weighted by Gasteiger charge is 2.19. The molecule has 3 heteroatoms. The fraction of sp³-hybridized carbons (Fsp3) is 0.611. The maximum Gasteiger partial charge on any atom is 0.137 e. The number of fused-ring (bicyclic) bond motifs is 1. The number of nitrogens with one attached hydrogen (secondary N) is 1. The van der Waals surface area contributed by atoms with Gasteiger partial charge in [0.2, 0.25) is 0 Å². The fourth-order valence-electron chi connectivity index (χ4n) is 3.61. The summed E-state index contributed by atoms with van der Waals surface area (Å²) in [7, 11) is 0. The van der Waals surface area contributed by atoms with Gasteiger partial charge in [-0.15, -0.1) is 0 Å². The van der Waals surface area contributed by atoms with E-state index in [9.17, 15) is 0 Å². The molecule has 1 atom stereocenters. The van der Waals surface area contributed by atoms with Crippen LogP contribution in [0.3, 0.4) is 0 Å². The Balaban J connectivity index is 1.67. The summed E-state index contributed by atoms with van der Waals surface area (Å²) in [4.78, 5) is 4.64. The molecular weight excluding hydrogens is 258 g/mol. The Hall–Kier alpha value is -1.35. The van der Waals surface area contributed by atoms with Gasteiger partial charge >= 0.3 is 0 Å². The zero-order chi connectivity index (χ0) is 14.7. The Bertz CT molecular complexity index is 579. The third kappa shape index (κ3) is 3.29. The molecular formula is C18H27N3. The van der Waals surface area contributed by atoms with E-state index in [-0.39, 0.29) is 0 Å². The van der Waals surface area contributed by atoms with Crippen LogP contribution in [0.15, 0.2) is 24.4 Å². The molecule has 2 aromatic heterocycles. The predicted molar refractivity (Wildman–Crippen MR) is 87.4 cm³/mol. The molecule has 0 radical (unpaired) electrons. The van der Waals surface area contributed by atoms with Gasteiger partial charge in [-0.1, -0.05) is 31.7 Å². The number of aromatic nitrogens is 2. The van der Waals surface area contributed by atoms with E-state index >= 15 is 0 Å². The summed E-state index contributed by atoms with van der Waals surface area (Å²) in [5.41, 5.74) is 3.49. The molecule has 0 aromatic carbocycles. The smallest absolute Gasteiger partial charge is 0.137 e. The minimum atomic E-state index is 0.594. The molecule has 1 N–H and O–H groups in total. The van der Waals surface area contributed by atoms with Crippen molar-refractivity contribution < 1.29 is 0 Å². The predicted octanol–water partition coefficient (Wildman–Crippen LogP) is 4.09. The molecule has 0 aliphatic heterocycles. The van der Waals surface area contributed by atoms with Crippen molar-refractivity contribution in [2.45, 2.75) is 65.0 Å². The van der Waals surface area contributed by atoms with Crippen molar-refractivity contribution in [2.75, 3.05) is 0 Å². The third-order valence-corrected chi connectivity index (χ3v) is 5.03. The summed E-state index contributed by atoms with van der Waals surface area (Å²) in [6.07, 6.45) is 10.6. The second-order valence-corrected chi connectivity index (χ2v) is 6.49. The molecule has 0 amide bonds. The Morgan fingerprint density at radius 2 is 2.00 bits per heavy atom. The van der Waals surface area contributed by atoms with Crippen molar-refractivity contribution in [3.8, 4) is 0 Å². The largest absolute Gasteiger partial charge is 0.308 e. The second-order valence-electron chi connectivity index (χ2n) is 6.49. The highest BCUT2D eigenvalue weighted by atomic mass is 15.0. The molecule has 2 aromatic rings. The third-order valence-electron chi connectivity index (χ3n) is 5.03. The van der Waals surface area contributed by atoms with Crippen LogP contribution in [0.5, 0.6) is 0 Å². The number of imidazole rings is 1. The van der Waals surface area contributed by atoms with E-state index in [1.165, 1.54) is 44.2 Å². The van der Waals surface area contributed by atoms with Crippen LogP contribution in [0, 0.1) is 12.8 Å². The Labute approximate surface area is 127 Å². The molecule has 3 nitrogen and oxygen atoms in total.